The minimum atomic E-state index is 0.501. The van der Waals surface area contributed by atoms with Crippen LogP contribution in [0.4, 0.5) is 0 Å². The normalized spacial score (nSPS) is 23.5. The second-order valence-electron chi connectivity index (χ2n) is 4.13. The maximum absolute atomic E-state index is 6.05. The van der Waals surface area contributed by atoms with Crippen molar-refractivity contribution in [2.24, 2.45) is 5.92 Å². The summed E-state index contributed by atoms with van der Waals surface area (Å²) in [5.41, 5.74) is 0. The molecule has 0 aromatic rings. The Labute approximate surface area is 82.1 Å². The Hall–Kier alpha value is 0.355. The van der Waals surface area contributed by atoms with E-state index in [0.29, 0.717) is 6.13 Å². The highest BCUT2D eigenvalue weighted by molar-refractivity contribution is 7.07. The highest BCUT2D eigenvalue weighted by Gasteiger charge is 2.25. The Morgan fingerprint density at radius 3 is 2.75 bits per heavy atom. The Morgan fingerprint density at radius 1 is 1.33 bits per heavy atom. The first-order chi connectivity index (χ1) is 5.83. The third kappa shape index (κ3) is 3.84. The van der Waals surface area contributed by atoms with Gasteiger partial charge in [0.2, 0.25) is 0 Å². The average Bonchev–Trinajstić information content (AvgIpc) is 2.45. The maximum atomic E-state index is 6.05. The van der Waals surface area contributed by atoms with Gasteiger partial charge >= 0.3 is 0 Å². The SMILES string of the molecule is CCCCCC[C@H]1CCB(Cl)C1. The van der Waals surface area contributed by atoms with Crippen molar-refractivity contribution in [1.82, 2.24) is 0 Å². The second-order valence-corrected chi connectivity index (χ2v) is 4.74. The van der Waals surface area contributed by atoms with Crippen LogP contribution in [-0.2, 0) is 0 Å². The summed E-state index contributed by atoms with van der Waals surface area (Å²) in [5.74, 6) is 0.962. The molecule has 1 atom stereocenters. The van der Waals surface area contributed by atoms with E-state index in [1.807, 2.05) is 0 Å². The van der Waals surface area contributed by atoms with Crippen LogP contribution < -0.4 is 0 Å². The molecule has 0 N–H and O–H groups in total. The van der Waals surface area contributed by atoms with Gasteiger partial charge in [0.25, 0.3) is 6.13 Å². The van der Waals surface area contributed by atoms with Crippen LogP contribution in [0.15, 0.2) is 0 Å². The molecule has 2 heteroatoms. The Bertz CT molecular complexity index is 116. The summed E-state index contributed by atoms with van der Waals surface area (Å²) >= 11 is 6.05. The third-order valence-corrected chi connectivity index (χ3v) is 3.34. The van der Waals surface area contributed by atoms with Gasteiger partial charge in [0.15, 0.2) is 0 Å². The molecule has 0 saturated carbocycles. The quantitative estimate of drug-likeness (QED) is 0.446. The smallest absolute Gasteiger partial charge is 0.196 e. The predicted octanol–water partition coefficient (Wildman–Crippen LogP) is 4.21. The van der Waals surface area contributed by atoms with Crippen LogP contribution in [0.1, 0.15) is 45.4 Å². The van der Waals surface area contributed by atoms with Gasteiger partial charge in [-0.15, -0.1) is 0 Å². The zero-order valence-electron chi connectivity index (χ0n) is 8.19. The summed E-state index contributed by atoms with van der Waals surface area (Å²) < 4.78 is 0. The molecule has 0 bridgehead atoms. The predicted molar refractivity (Wildman–Crippen MR) is 58.1 cm³/mol. The first-order valence-corrected chi connectivity index (χ1v) is 5.90. The van der Waals surface area contributed by atoms with Gasteiger partial charge in [-0.25, -0.2) is 0 Å². The first-order valence-electron chi connectivity index (χ1n) is 5.47. The number of unbranched alkanes of at least 4 members (excludes halogenated alkanes) is 3. The number of hydrogen-bond donors (Lipinski definition) is 0. The van der Waals surface area contributed by atoms with E-state index in [9.17, 15) is 0 Å². The van der Waals surface area contributed by atoms with Gasteiger partial charge < -0.3 is 0 Å². The fraction of sp³-hybridized carbons (Fsp3) is 1.00. The molecule has 1 aliphatic heterocycles. The van der Waals surface area contributed by atoms with Gasteiger partial charge in [0, 0.05) is 0 Å². The van der Waals surface area contributed by atoms with Gasteiger partial charge in [-0.05, 0) is 5.92 Å². The van der Waals surface area contributed by atoms with Crippen LogP contribution in [0.25, 0.3) is 0 Å². The Kier molecular flexibility index (Phi) is 5.14. The van der Waals surface area contributed by atoms with Crippen LogP contribution in [-0.4, -0.2) is 6.13 Å². The summed E-state index contributed by atoms with van der Waals surface area (Å²) in [6.45, 7) is 2.27. The topological polar surface area (TPSA) is 0 Å². The summed E-state index contributed by atoms with van der Waals surface area (Å²) in [6.07, 6.45) is 11.5. The van der Waals surface area contributed by atoms with Crippen molar-refractivity contribution in [3.63, 3.8) is 0 Å². The fourth-order valence-corrected chi connectivity index (χ4v) is 2.51. The van der Waals surface area contributed by atoms with Gasteiger partial charge in [-0.3, -0.25) is 0 Å². The van der Waals surface area contributed by atoms with Gasteiger partial charge in [-0.1, -0.05) is 58.1 Å². The summed E-state index contributed by atoms with van der Waals surface area (Å²) in [5, 5.41) is 0. The van der Waals surface area contributed by atoms with Crippen molar-refractivity contribution >= 4 is 17.6 Å². The van der Waals surface area contributed by atoms with E-state index in [1.54, 1.807) is 0 Å². The molecule has 0 unspecified atom stereocenters. The van der Waals surface area contributed by atoms with Crippen LogP contribution >= 0.6 is 11.5 Å². The molecular weight excluding hydrogens is 166 g/mol. The number of hydrogen-bond acceptors (Lipinski definition) is 0. The van der Waals surface area contributed by atoms with Crippen LogP contribution in [0.3, 0.4) is 0 Å². The molecular formula is C10H20BCl. The molecule has 0 spiro atoms. The van der Waals surface area contributed by atoms with Crippen LogP contribution in [0.5, 0.6) is 0 Å². The van der Waals surface area contributed by atoms with Crippen LogP contribution in [0.2, 0.25) is 12.6 Å². The van der Waals surface area contributed by atoms with E-state index < -0.39 is 0 Å². The molecule has 12 heavy (non-hydrogen) atoms. The van der Waals surface area contributed by atoms with Crippen molar-refractivity contribution in [2.45, 2.75) is 58.1 Å². The van der Waals surface area contributed by atoms with Crippen molar-refractivity contribution < 1.29 is 0 Å². The van der Waals surface area contributed by atoms with E-state index in [2.05, 4.69) is 6.92 Å². The Balaban J connectivity index is 1.93. The molecule has 1 saturated heterocycles. The molecule has 0 aromatic heterocycles. The van der Waals surface area contributed by atoms with E-state index in [4.69, 9.17) is 11.5 Å². The monoisotopic (exact) mass is 186 g/mol. The van der Waals surface area contributed by atoms with E-state index in [-0.39, 0.29) is 0 Å². The molecule has 1 heterocycles. The molecule has 1 aliphatic rings. The molecule has 0 amide bonds. The van der Waals surface area contributed by atoms with Crippen molar-refractivity contribution in [3.8, 4) is 0 Å². The third-order valence-electron chi connectivity index (χ3n) is 2.94. The zero-order chi connectivity index (χ0) is 8.81. The van der Waals surface area contributed by atoms with Crippen LogP contribution in [0, 0.1) is 5.92 Å². The second kappa shape index (κ2) is 5.91. The average molecular weight is 187 g/mol. The summed E-state index contributed by atoms with van der Waals surface area (Å²) in [4.78, 5) is 0. The lowest BCUT2D eigenvalue weighted by Crippen LogP contribution is -1.97. The minimum absolute atomic E-state index is 0.501. The van der Waals surface area contributed by atoms with Gasteiger partial charge in [0.1, 0.15) is 0 Å². The van der Waals surface area contributed by atoms with E-state index >= 15 is 0 Å². The largest absolute Gasteiger partial charge is 0.250 e. The van der Waals surface area contributed by atoms with Gasteiger partial charge in [-0.2, -0.15) is 11.5 Å². The zero-order valence-corrected chi connectivity index (χ0v) is 8.95. The summed E-state index contributed by atoms with van der Waals surface area (Å²) in [6, 6.07) is 0. The molecule has 0 nitrogen and oxygen atoms in total. The van der Waals surface area contributed by atoms with E-state index in [0.717, 1.165) is 5.92 Å². The van der Waals surface area contributed by atoms with Gasteiger partial charge in [0.05, 0.1) is 0 Å². The standard InChI is InChI=1S/C10H20BCl/c1-2-3-4-5-6-10-7-8-11(12)9-10/h10H,2-9H2,1H3/t10-/m0/s1. The van der Waals surface area contributed by atoms with E-state index in [1.165, 1.54) is 51.2 Å². The Morgan fingerprint density at radius 2 is 2.17 bits per heavy atom. The van der Waals surface area contributed by atoms with Crippen molar-refractivity contribution in [1.29, 1.82) is 0 Å². The minimum Gasteiger partial charge on any atom is -0.196 e. The maximum Gasteiger partial charge on any atom is 0.250 e. The molecule has 70 valence electrons. The highest BCUT2D eigenvalue weighted by Crippen LogP contribution is 2.32. The lowest BCUT2D eigenvalue weighted by molar-refractivity contribution is 0.493. The highest BCUT2D eigenvalue weighted by atomic mass is 35.5. The molecule has 1 fully saturated rings. The fourth-order valence-electron chi connectivity index (χ4n) is 2.14. The number of halogens is 1. The molecule has 0 aliphatic carbocycles. The lowest BCUT2D eigenvalue weighted by atomic mass is 9.73. The molecule has 0 radical (unpaired) electrons. The number of rotatable bonds is 5. The first kappa shape index (κ1) is 10.4. The molecule has 0 aromatic carbocycles. The molecule has 1 rings (SSSR count). The van der Waals surface area contributed by atoms with Crippen molar-refractivity contribution in [2.75, 3.05) is 0 Å². The van der Waals surface area contributed by atoms with Crippen molar-refractivity contribution in [3.05, 3.63) is 0 Å². The summed E-state index contributed by atoms with van der Waals surface area (Å²) in [7, 11) is 0. The lowest BCUT2D eigenvalue weighted by Gasteiger charge is -2.07.